The second-order valence-corrected chi connectivity index (χ2v) is 1.91. The van der Waals surface area contributed by atoms with Crippen LogP contribution in [0.15, 0.2) is 9.98 Å². The van der Waals surface area contributed by atoms with Crippen molar-refractivity contribution < 1.29 is 0 Å². The van der Waals surface area contributed by atoms with Crippen LogP contribution in [0.1, 0.15) is 0 Å². The quantitative estimate of drug-likeness (QED) is 0.491. The molecule has 0 saturated heterocycles. The molecule has 1 rings (SSSR count). The van der Waals surface area contributed by atoms with E-state index in [1.165, 1.54) is 0 Å². The molecule has 1 atom stereocenters. The summed E-state index contributed by atoms with van der Waals surface area (Å²) in [7, 11) is 1.68. The largest absolute Gasteiger partial charge is 0.366 e. The van der Waals surface area contributed by atoms with Crippen molar-refractivity contribution >= 4 is 12.1 Å². The van der Waals surface area contributed by atoms with Gasteiger partial charge in [-0.3, -0.25) is 9.98 Å². The zero-order valence-corrected chi connectivity index (χ0v) is 5.70. The smallest absolute Gasteiger partial charge is 0.153 e. The van der Waals surface area contributed by atoms with Crippen LogP contribution in [0.5, 0.6) is 0 Å². The second kappa shape index (κ2) is 2.97. The highest BCUT2D eigenvalue weighted by molar-refractivity contribution is 6.29. The predicted octanol–water partition coefficient (Wildman–Crippen LogP) is -0.419. The Hall–Kier alpha value is -1.37. The van der Waals surface area contributed by atoms with E-state index in [2.05, 4.69) is 15.3 Å². The van der Waals surface area contributed by atoms with Crippen LogP contribution in [-0.2, 0) is 0 Å². The molecule has 1 unspecified atom stereocenters. The molecule has 1 heterocycles. The van der Waals surface area contributed by atoms with Gasteiger partial charge >= 0.3 is 0 Å². The van der Waals surface area contributed by atoms with Gasteiger partial charge in [-0.25, -0.2) is 0 Å². The van der Waals surface area contributed by atoms with Crippen LogP contribution in [0.2, 0.25) is 0 Å². The number of amidine groups is 1. The molecule has 0 fully saturated rings. The average molecular weight is 136 g/mol. The summed E-state index contributed by atoms with van der Waals surface area (Å²) in [6, 6.07) is 1.79. The number of hydrogen-bond donors (Lipinski definition) is 1. The summed E-state index contributed by atoms with van der Waals surface area (Å²) in [4.78, 5) is 7.78. The Balaban J connectivity index is 2.63. The van der Waals surface area contributed by atoms with Crippen LogP contribution in [0.25, 0.3) is 0 Å². The molecule has 0 aromatic heterocycles. The number of hydrogen-bond acceptors (Lipinski definition) is 3. The van der Waals surface area contributed by atoms with E-state index >= 15 is 0 Å². The zero-order valence-electron chi connectivity index (χ0n) is 5.70. The maximum atomic E-state index is 8.41. The first-order valence-electron chi connectivity index (χ1n) is 3.00. The van der Waals surface area contributed by atoms with Crippen molar-refractivity contribution in [1.82, 2.24) is 5.32 Å². The SMILES string of the molecule is CN=C1C=NC(C#N)CN1. The third-order valence-electron chi connectivity index (χ3n) is 1.24. The first-order valence-corrected chi connectivity index (χ1v) is 3.00. The van der Waals surface area contributed by atoms with E-state index in [1.807, 2.05) is 6.07 Å². The predicted molar refractivity (Wildman–Crippen MR) is 39.3 cm³/mol. The lowest BCUT2D eigenvalue weighted by molar-refractivity contribution is 0.765. The topological polar surface area (TPSA) is 60.5 Å². The summed E-state index contributed by atoms with van der Waals surface area (Å²) in [6.45, 7) is 0.569. The van der Waals surface area contributed by atoms with Gasteiger partial charge in [-0.2, -0.15) is 5.26 Å². The van der Waals surface area contributed by atoms with Crippen LogP contribution in [-0.4, -0.2) is 31.7 Å². The summed E-state index contributed by atoms with van der Waals surface area (Å²) in [5, 5.41) is 11.4. The van der Waals surface area contributed by atoms with Crippen LogP contribution in [0.3, 0.4) is 0 Å². The molecule has 52 valence electrons. The number of nitrogens with one attached hydrogen (secondary N) is 1. The maximum Gasteiger partial charge on any atom is 0.153 e. The van der Waals surface area contributed by atoms with Crippen molar-refractivity contribution in [2.75, 3.05) is 13.6 Å². The lowest BCUT2D eigenvalue weighted by Gasteiger charge is -2.11. The van der Waals surface area contributed by atoms with E-state index in [0.29, 0.717) is 6.54 Å². The van der Waals surface area contributed by atoms with E-state index in [4.69, 9.17) is 5.26 Å². The number of nitriles is 1. The molecule has 1 aliphatic heterocycles. The molecule has 0 radical (unpaired) electrons. The first kappa shape index (κ1) is 6.75. The molecule has 0 saturated carbocycles. The molecular weight excluding hydrogens is 128 g/mol. The monoisotopic (exact) mass is 136 g/mol. The van der Waals surface area contributed by atoms with Gasteiger partial charge in [-0.15, -0.1) is 0 Å². The number of nitrogens with zero attached hydrogens (tertiary/aromatic N) is 3. The summed E-state index contributed by atoms with van der Waals surface area (Å²) in [6.07, 6.45) is 1.58. The zero-order chi connectivity index (χ0) is 7.40. The van der Waals surface area contributed by atoms with Gasteiger partial charge in [-0.1, -0.05) is 0 Å². The van der Waals surface area contributed by atoms with Gasteiger partial charge in [0.05, 0.1) is 18.8 Å². The standard InChI is InChI=1S/C6H8N4/c1-8-6-4-9-5(2-7)3-10-6/h4-5H,3H2,1H3,(H,8,10). The number of rotatable bonds is 0. The van der Waals surface area contributed by atoms with E-state index in [0.717, 1.165) is 5.84 Å². The summed E-state index contributed by atoms with van der Waals surface area (Å²) < 4.78 is 0. The van der Waals surface area contributed by atoms with Crippen LogP contribution >= 0.6 is 0 Å². The van der Waals surface area contributed by atoms with Gasteiger partial charge in [-0.05, 0) is 0 Å². The Kier molecular flexibility index (Phi) is 2.00. The van der Waals surface area contributed by atoms with E-state index in [9.17, 15) is 0 Å². The fourth-order valence-electron chi connectivity index (χ4n) is 0.676. The van der Waals surface area contributed by atoms with Crippen molar-refractivity contribution in [3.8, 4) is 6.07 Å². The molecule has 10 heavy (non-hydrogen) atoms. The second-order valence-electron chi connectivity index (χ2n) is 1.91. The van der Waals surface area contributed by atoms with Gasteiger partial charge in [0.25, 0.3) is 0 Å². The Morgan fingerprint density at radius 3 is 3.20 bits per heavy atom. The van der Waals surface area contributed by atoms with Gasteiger partial charge < -0.3 is 5.32 Å². The highest BCUT2D eigenvalue weighted by atomic mass is 15.0. The first-order chi connectivity index (χ1) is 4.86. The number of aliphatic imine (C=N–C) groups is 2. The van der Waals surface area contributed by atoms with Gasteiger partial charge in [0.15, 0.2) is 6.04 Å². The summed E-state index contributed by atoms with van der Waals surface area (Å²) >= 11 is 0. The lowest BCUT2D eigenvalue weighted by Crippen LogP contribution is -2.36. The molecule has 0 amide bonds. The van der Waals surface area contributed by atoms with Gasteiger partial charge in [0, 0.05) is 7.05 Å². The van der Waals surface area contributed by atoms with Crippen molar-refractivity contribution in [3.63, 3.8) is 0 Å². The normalized spacial score (nSPS) is 27.6. The van der Waals surface area contributed by atoms with E-state index in [1.54, 1.807) is 13.3 Å². The fourth-order valence-corrected chi connectivity index (χ4v) is 0.676. The molecule has 1 N–H and O–H groups in total. The molecule has 0 bridgehead atoms. The van der Waals surface area contributed by atoms with Crippen molar-refractivity contribution in [2.24, 2.45) is 9.98 Å². The molecule has 0 aromatic rings. The van der Waals surface area contributed by atoms with Crippen LogP contribution < -0.4 is 5.32 Å². The molecule has 1 aliphatic rings. The molecular formula is C6H8N4. The molecule has 0 aromatic carbocycles. The minimum absolute atomic E-state index is 0.245. The van der Waals surface area contributed by atoms with Crippen molar-refractivity contribution in [1.29, 1.82) is 5.26 Å². The summed E-state index contributed by atoms with van der Waals surface area (Å²) in [5.41, 5.74) is 0. The third kappa shape index (κ3) is 1.32. The van der Waals surface area contributed by atoms with E-state index < -0.39 is 0 Å². The minimum Gasteiger partial charge on any atom is -0.366 e. The Bertz CT molecular complexity index is 210. The highest BCUT2D eigenvalue weighted by Crippen LogP contribution is 1.90. The third-order valence-corrected chi connectivity index (χ3v) is 1.24. The average Bonchev–Trinajstić information content (AvgIpc) is 2.05. The van der Waals surface area contributed by atoms with Gasteiger partial charge in [0.1, 0.15) is 5.84 Å². The Morgan fingerprint density at radius 2 is 2.80 bits per heavy atom. The minimum atomic E-state index is -0.245. The molecule has 4 heteroatoms. The lowest BCUT2D eigenvalue weighted by atomic mass is 10.3. The van der Waals surface area contributed by atoms with Crippen LogP contribution in [0.4, 0.5) is 0 Å². The van der Waals surface area contributed by atoms with Gasteiger partial charge in [0.2, 0.25) is 0 Å². The molecule has 0 aliphatic carbocycles. The Labute approximate surface area is 59.3 Å². The molecule has 4 nitrogen and oxygen atoms in total. The van der Waals surface area contributed by atoms with E-state index in [-0.39, 0.29) is 6.04 Å². The molecule has 0 spiro atoms. The van der Waals surface area contributed by atoms with Crippen molar-refractivity contribution in [3.05, 3.63) is 0 Å². The fraction of sp³-hybridized carbons (Fsp3) is 0.500. The highest BCUT2D eigenvalue weighted by Gasteiger charge is 2.08. The Morgan fingerprint density at radius 1 is 2.00 bits per heavy atom. The maximum absolute atomic E-state index is 8.41. The summed E-state index contributed by atoms with van der Waals surface area (Å²) in [5.74, 6) is 0.742. The van der Waals surface area contributed by atoms with Crippen LogP contribution in [0, 0.1) is 11.3 Å². The van der Waals surface area contributed by atoms with Crippen molar-refractivity contribution in [2.45, 2.75) is 6.04 Å².